The first-order valence-electron chi connectivity index (χ1n) is 4.78. The molecule has 1 unspecified atom stereocenters. The van der Waals surface area contributed by atoms with Crippen LogP contribution in [0.5, 0.6) is 0 Å². The third-order valence-corrected chi connectivity index (χ3v) is 1.93. The van der Waals surface area contributed by atoms with Crippen LogP contribution in [0, 0.1) is 11.3 Å². The molecule has 0 saturated carbocycles. The smallest absolute Gasteiger partial charge is 0.252 e. The molecule has 1 rings (SSSR count). The summed E-state index contributed by atoms with van der Waals surface area (Å²) in [7, 11) is 0. The molecule has 0 saturated heterocycles. The average Bonchev–Trinajstić information content (AvgIpc) is 2.73. The molecule has 0 aliphatic heterocycles. The molecule has 0 fully saturated rings. The molecular formula is C9H13N5O. The predicted molar refractivity (Wildman–Crippen MR) is 52.7 cm³/mol. The highest BCUT2D eigenvalue weighted by Gasteiger charge is 2.15. The Morgan fingerprint density at radius 3 is 3.07 bits per heavy atom. The van der Waals surface area contributed by atoms with Crippen molar-refractivity contribution in [2.45, 2.75) is 26.3 Å². The van der Waals surface area contributed by atoms with Gasteiger partial charge in [0.1, 0.15) is 18.4 Å². The van der Waals surface area contributed by atoms with Gasteiger partial charge in [0.15, 0.2) is 0 Å². The number of aromatic nitrogens is 3. The number of carbonyl (C=O) groups excluding carboxylic acids is 1. The Labute approximate surface area is 87.9 Å². The Bertz CT molecular complexity index is 378. The van der Waals surface area contributed by atoms with Gasteiger partial charge in [-0.25, -0.2) is 9.67 Å². The van der Waals surface area contributed by atoms with Crippen molar-refractivity contribution in [3.63, 3.8) is 0 Å². The Kier molecular flexibility index (Phi) is 3.80. The molecule has 1 N–H and O–H groups in total. The number of amides is 1. The number of hydrogen-bond donors (Lipinski definition) is 1. The quantitative estimate of drug-likeness (QED) is 0.766. The van der Waals surface area contributed by atoms with Gasteiger partial charge in [0.25, 0.3) is 5.82 Å². The van der Waals surface area contributed by atoms with E-state index in [1.807, 2.05) is 13.0 Å². The topological polar surface area (TPSA) is 83.6 Å². The Balaban J connectivity index is 2.64. The van der Waals surface area contributed by atoms with Gasteiger partial charge in [-0.1, -0.05) is 6.92 Å². The van der Waals surface area contributed by atoms with E-state index in [9.17, 15) is 4.79 Å². The van der Waals surface area contributed by atoms with E-state index in [1.54, 1.807) is 6.92 Å². The third-order valence-electron chi connectivity index (χ3n) is 1.93. The second-order valence-electron chi connectivity index (χ2n) is 3.13. The van der Waals surface area contributed by atoms with E-state index in [0.717, 1.165) is 6.42 Å². The van der Waals surface area contributed by atoms with Gasteiger partial charge in [-0.2, -0.15) is 5.26 Å². The van der Waals surface area contributed by atoms with Crippen LogP contribution in [0.15, 0.2) is 6.33 Å². The normalized spacial score (nSPS) is 11.8. The monoisotopic (exact) mass is 207 g/mol. The van der Waals surface area contributed by atoms with Crippen LogP contribution in [0.2, 0.25) is 0 Å². The van der Waals surface area contributed by atoms with E-state index in [1.165, 1.54) is 11.0 Å². The van der Waals surface area contributed by atoms with E-state index < -0.39 is 6.04 Å². The Morgan fingerprint density at radius 1 is 1.80 bits per heavy atom. The van der Waals surface area contributed by atoms with Crippen molar-refractivity contribution in [3.8, 4) is 6.07 Å². The lowest BCUT2D eigenvalue weighted by molar-refractivity contribution is -0.124. The van der Waals surface area contributed by atoms with Crippen LogP contribution in [-0.4, -0.2) is 27.2 Å². The highest BCUT2D eigenvalue weighted by molar-refractivity contribution is 5.79. The molecule has 0 radical (unpaired) electrons. The molecule has 0 bridgehead atoms. The summed E-state index contributed by atoms with van der Waals surface area (Å²) in [4.78, 5) is 15.2. The molecule has 1 amide bonds. The van der Waals surface area contributed by atoms with E-state index >= 15 is 0 Å². The highest BCUT2D eigenvalue weighted by Crippen LogP contribution is 2.02. The van der Waals surface area contributed by atoms with Crippen LogP contribution in [0.25, 0.3) is 0 Å². The van der Waals surface area contributed by atoms with Crippen LogP contribution in [0.4, 0.5) is 0 Å². The molecule has 1 heterocycles. The summed E-state index contributed by atoms with van der Waals surface area (Å²) in [6, 6.07) is 1.37. The van der Waals surface area contributed by atoms with E-state index in [4.69, 9.17) is 5.26 Å². The van der Waals surface area contributed by atoms with E-state index in [0.29, 0.717) is 6.54 Å². The number of nitrogens with zero attached hydrogens (tertiary/aromatic N) is 4. The lowest BCUT2D eigenvalue weighted by Crippen LogP contribution is -2.31. The van der Waals surface area contributed by atoms with Crippen molar-refractivity contribution in [2.75, 3.05) is 6.54 Å². The van der Waals surface area contributed by atoms with Gasteiger partial charge in [-0.05, 0) is 13.3 Å². The summed E-state index contributed by atoms with van der Waals surface area (Å²) in [5, 5.41) is 15.1. The molecule has 1 aromatic rings. The van der Waals surface area contributed by atoms with E-state index in [2.05, 4.69) is 15.4 Å². The highest BCUT2D eigenvalue weighted by atomic mass is 16.2. The first-order valence-corrected chi connectivity index (χ1v) is 4.78. The maximum atomic E-state index is 11.5. The second kappa shape index (κ2) is 5.10. The maximum absolute atomic E-state index is 11.5. The summed E-state index contributed by atoms with van der Waals surface area (Å²) in [6.45, 7) is 4.33. The van der Waals surface area contributed by atoms with Gasteiger partial charge in [0.05, 0.1) is 0 Å². The van der Waals surface area contributed by atoms with Crippen LogP contribution >= 0.6 is 0 Å². The second-order valence-corrected chi connectivity index (χ2v) is 3.13. The zero-order valence-electron chi connectivity index (χ0n) is 8.77. The third kappa shape index (κ3) is 2.77. The molecule has 1 aromatic heterocycles. The van der Waals surface area contributed by atoms with Gasteiger partial charge in [-0.15, -0.1) is 5.10 Å². The molecule has 6 heteroatoms. The number of nitriles is 1. The maximum Gasteiger partial charge on any atom is 0.252 e. The molecule has 0 aromatic carbocycles. The first kappa shape index (κ1) is 11.2. The zero-order valence-corrected chi connectivity index (χ0v) is 8.77. The Hall–Kier alpha value is -1.90. The summed E-state index contributed by atoms with van der Waals surface area (Å²) in [6.07, 6.45) is 2.27. The van der Waals surface area contributed by atoms with Gasteiger partial charge < -0.3 is 5.32 Å². The lowest BCUT2D eigenvalue weighted by Gasteiger charge is -2.10. The molecule has 0 spiro atoms. The average molecular weight is 207 g/mol. The lowest BCUT2D eigenvalue weighted by atomic mass is 10.3. The van der Waals surface area contributed by atoms with Gasteiger partial charge in [0, 0.05) is 6.54 Å². The van der Waals surface area contributed by atoms with Crippen molar-refractivity contribution in [2.24, 2.45) is 0 Å². The summed E-state index contributed by atoms with van der Waals surface area (Å²) < 4.78 is 1.38. The molecule has 6 nitrogen and oxygen atoms in total. The fourth-order valence-corrected chi connectivity index (χ4v) is 1.03. The van der Waals surface area contributed by atoms with Gasteiger partial charge >= 0.3 is 0 Å². The minimum Gasteiger partial charge on any atom is -0.354 e. The summed E-state index contributed by atoms with van der Waals surface area (Å²) >= 11 is 0. The van der Waals surface area contributed by atoms with Crippen LogP contribution < -0.4 is 5.32 Å². The van der Waals surface area contributed by atoms with E-state index in [-0.39, 0.29) is 11.7 Å². The summed E-state index contributed by atoms with van der Waals surface area (Å²) in [5.74, 6) is -0.0450. The van der Waals surface area contributed by atoms with Crippen molar-refractivity contribution in [1.29, 1.82) is 5.26 Å². The van der Waals surface area contributed by atoms with Crippen molar-refractivity contribution < 1.29 is 4.79 Å². The van der Waals surface area contributed by atoms with Gasteiger partial charge in [-0.3, -0.25) is 4.79 Å². The standard InChI is InChI=1S/C9H13N5O/c1-3-4-11-9(15)7(2)14-6-12-8(5-10)13-14/h6-7H,3-4H2,1-2H3,(H,11,15). The molecule has 15 heavy (non-hydrogen) atoms. The van der Waals surface area contributed by atoms with Crippen LogP contribution in [-0.2, 0) is 4.79 Å². The fraction of sp³-hybridized carbons (Fsp3) is 0.556. The zero-order chi connectivity index (χ0) is 11.3. The first-order chi connectivity index (χ1) is 7.19. The largest absolute Gasteiger partial charge is 0.354 e. The fourth-order valence-electron chi connectivity index (χ4n) is 1.03. The molecule has 0 aliphatic rings. The number of nitrogens with one attached hydrogen (secondary N) is 1. The SMILES string of the molecule is CCCNC(=O)C(C)n1cnc(C#N)n1. The molecule has 80 valence electrons. The number of rotatable bonds is 4. The molecule has 0 aliphatic carbocycles. The van der Waals surface area contributed by atoms with Crippen LogP contribution in [0.3, 0.4) is 0 Å². The van der Waals surface area contributed by atoms with Crippen molar-refractivity contribution >= 4 is 5.91 Å². The van der Waals surface area contributed by atoms with Gasteiger partial charge in [0.2, 0.25) is 5.91 Å². The van der Waals surface area contributed by atoms with Crippen molar-refractivity contribution in [3.05, 3.63) is 12.2 Å². The minimum absolute atomic E-state index is 0.0742. The Morgan fingerprint density at radius 2 is 2.53 bits per heavy atom. The minimum atomic E-state index is -0.439. The molecule has 1 atom stereocenters. The number of carbonyl (C=O) groups is 1. The predicted octanol–water partition coefficient (Wildman–Crippen LogP) is 0.237. The van der Waals surface area contributed by atoms with Crippen LogP contribution in [0.1, 0.15) is 32.1 Å². The molecular weight excluding hydrogens is 194 g/mol. The van der Waals surface area contributed by atoms with Crippen molar-refractivity contribution in [1.82, 2.24) is 20.1 Å². The summed E-state index contributed by atoms with van der Waals surface area (Å²) in [5.41, 5.74) is 0. The number of hydrogen-bond acceptors (Lipinski definition) is 4.